The Bertz CT molecular complexity index is 562. The first-order chi connectivity index (χ1) is 9.34. The van der Waals surface area contributed by atoms with Gasteiger partial charge < -0.3 is 9.47 Å². The Hall–Kier alpha value is -1.75. The lowest BCUT2D eigenvalue weighted by molar-refractivity contribution is -0.222. The summed E-state index contributed by atoms with van der Waals surface area (Å²) >= 11 is 1.32. The van der Waals surface area contributed by atoms with Crippen molar-refractivity contribution >= 4 is 28.6 Å². The number of hydrogen-bond acceptors (Lipinski definition) is 5. The highest BCUT2D eigenvalue weighted by molar-refractivity contribution is 8.07. The third kappa shape index (κ3) is 2.88. The van der Waals surface area contributed by atoms with Crippen molar-refractivity contribution in [2.45, 2.75) is 26.6 Å². The van der Waals surface area contributed by atoms with Gasteiger partial charge in [-0.15, -0.1) is 11.8 Å². The highest BCUT2D eigenvalue weighted by atomic mass is 32.2. The van der Waals surface area contributed by atoms with E-state index >= 15 is 0 Å². The number of carbonyl (C=O) groups excluding carboxylic acids is 2. The van der Waals surface area contributed by atoms with E-state index in [1.165, 1.54) is 25.6 Å². The third-order valence-electron chi connectivity index (χ3n) is 2.83. The van der Waals surface area contributed by atoms with Crippen LogP contribution in [0.25, 0.3) is 4.91 Å². The molecule has 0 N–H and O–H groups in total. The maximum absolute atomic E-state index is 12.1. The largest absolute Gasteiger partial charge is 0.419 e. The second-order valence-corrected chi connectivity index (χ2v) is 5.77. The summed E-state index contributed by atoms with van der Waals surface area (Å²) in [4.78, 5) is 24.7. The van der Waals surface area contributed by atoms with Crippen molar-refractivity contribution in [3.63, 3.8) is 0 Å². The average Bonchev–Trinajstić information content (AvgIpc) is 2.34. The fourth-order valence-electron chi connectivity index (χ4n) is 1.91. The monoisotopic (exact) mass is 292 g/mol. The van der Waals surface area contributed by atoms with Crippen molar-refractivity contribution < 1.29 is 19.1 Å². The summed E-state index contributed by atoms with van der Waals surface area (Å²) in [5.74, 6) is -2.50. The van der Waals surface area contributed by atoms with Crippen LogP contribution in [0, 0.1) is 6.92 Å². The van der Waals surface area contributed by atoms with Crippen LogP contribution in [0.3, 0.4) is 0 Å². The summed E-state index contributed by atoms with van der Waals surface area (Å²) in [6.07, 6.45) is 1.81. The van der Waals surface area contributed by atoms with Gasteiger partial charge in [-0.1, -0.05) is 29.8 Å². The van der Waals surface area contributed by atoms with Gasteiger partial charge in [-0.2, -0.15) is 0 Å². The van der Waals surface area contributed by atoms with E-state index in [9.17, 15) is 9.59 Å². The minimum atomic E-state index is -1.21. The lowest BCUT2D eigenvalue weighted by atomic mass is 10.1. The Morgan fingerprint density at radius 1 is 1.05 bits per heavy atom. The molecule has 4 nitrogen and oxygen atoms in total. The van der Waals surface area contributed by atoms with Crippen LogP contribution < -0.4 is 0 Å². The van der Waals surface area contributed by atoms with Crippen molar-refractivity contribution in [1.29, 1.82) is 0 Å². The molecule has 0 amide bonds. The second-order valence-electron chi connectivity index (χ2n) is 4.95. The van der Waals surface area contributed by atoms with E-state index < -0.39 is 17.7 Å². The molecule has 106 valence electrons. The predicted octanol–water partition coefficient (Wildman–Crippen LogP) is 2.91. The number of cyclic esters (lactones) is 2. The van der Waals surface area contributed by atoms with Crippen molar-refractivity contribution in [1.82, 2.24) is 0 Å². The molecule has 0 radical (unpaired) electrons. The molecule has 1 heterocycles. The standard InChI is InChI=1S/C15H16O4S/c1-9-5-7-10(8-6-9)12(20-4)11-13(16)18-15(2,3)19-14(11)17/h5-8H,1-4H3. The second kappa shape index (κ2) is 5.32. The van der Waals surface area contributed by atoms with Crippen molar-refractivity contribution in [2.75, 3.05) is 6.26 Å². The topological polar surface area (TPSA) is 52.6 Å². The van der Waals surface area contributed by atoms with Gasteiger partial charge in [0.2, 0.25) is 0 Å². The van der Waals surface area contributed by atoms with E-state index in [0.29, 0.717) is 4.91 Å². The minimum absolute atomic E-state index is 0.0410. The zero-order valence-electron chi connectivity index (χ0n) is 11.9. The molecule has 1 aromatic rings. The summed E-state index contributed by atoms with van der Waals surface area (Å²) in [6, 6.07) is 7.59. The number of benzene rings is 1. The van der Waals surface area contributed by atoms with Gasteiger partial charge in [-0.05, 0) is 18.7 Å². The van der Waals surface area contributed by atoms with E-state index in [2.05, 4.69) is 0 Å². The zero-order chi connectivity index (χ0) is 14.9. The van der Waals surface area contributed by atoms with Crippen LogP contribution in [0.5, 0.6) is 0 Å². The van der Waals surface area contributed by atoms with Crippen LogP contribution in [-0.2, 0) is 19.1 Å². The Morgan fingerprint density at radius 3 is 2.00 bits per heavy atom. The molecule has 0 spiro atoms. The molecule has 0 atom stereocenters. The van der Waals surface area contributed by atoms with Crippen LogP contribution in [0.15, 0.2) is 29.8 Å². The maximum atomic E-state index is 12.1. The first kappa shape index (κ1) is 14.7. The van der Waals surface area contributed by atoms with E-state index in [4.69, 9.17) is 9.47 Å². The van der Waals surface area contributed by atoms with Gasteiger partial charge in [0.1, 0.15) is 0 Å². The van der Waals surface area contributed by atoms with E-state index in [1.807, 2.05) is 37.4 Å². The SMILES string of the molecule is CSC(=C1C(=O)OC(C)(C)OC1=O)c1ccc(C)cc1. The highest BCUT2D eigenvalue weighted by Crippen LogP contribution is 2.34. The summed E-state index contributed by atoms with van der Waals surface area (Å²) in [6.45, 7) is 5.04. The Labute approximate surface area is 122 Å². The molecule has 1 aromatic carbocycles. The summed E-state index contributed by atoms with van der Waals surface area (Å²) in [5.41, 5.74) is 1.86. The minimum Gasteiger partial charge on any atom is -0.419 e. The molecule has 1 aliphatic rings. The van der Waals surface area contributed by atoms with E-state index in [0.717, 1.165) is 11.1 Å². The van der Waals surface area contributed by atoms with Gasteiger partial charge in [0.15, 0.2) is 5.57 Å². The van der Waals surface area contributed by atoms with Gasteiger partial charge in [-0.25, -0.2) is 9.59 Å². The number of thioether (sulfide) groups is 1. The number of aryl methyl sites for hydroxylation is 1. The van der Waals surface area contributed by atoms with Crippen LogP contribution in [0.4, 0.5) is 0 Å². The van der Waals surface area contributed by atoms with Crippen LogP contribution in [0.2, 0.25) is 0 Å². The number of rotatable bonds is 2. The molecule has 5 heteroatoms. The molecular formula is C15H16O4S. The fourth-order valence-corrected chi connectivity index (χ4v) is 2.65. The van der Waals surface area contributed by atoms with Crippen molar-refractivity contribution in [2.24, 2.45) is 0 Å². The smallest absolute Gasteiger partial charge is 0.350 e. The van der Waals surface area contributed by atoms with Gasteiger partial charge in [0.25, 0.3) is 5.79 Å². The molecule has 0 bridgehead atoms. The highest BCUT2D eigenvalue weighted by Gasteiger charge is 2.40. The number of esters is 2. The number of ether oxygens (including phenoxy) is 2. The van der Waals surface area contributed by atoms with E-state index in [1.54, 1.807) is 0 Å². The third-order valence-corrected chi connectivity index (χ3v) is 3.68. The Balaban J connectivity index is 2.50. The zero-order valence-corrected chi connectivity index (χ0v) is 12.7. The first-order valence-electron chi connectivity index (χ1n) is 6.16. The van der Waals surface area contributed by atoms with Crippen molar-refractivity contribution in [3.8, 4) is 0 Å². The molecule has 20 heavy (non-hydrogen) atoms. The average molecular weight is 292 g/mol. The molecule has 0 aromatic heterocycles. The molecule has 0 aliphatic carbocycles. The predicted molar refractivity (Wildman–Crippen MR) is 77.9 cm³/mol. The van der Waals surface area contributed by atoms with Gasteiger partial charge >= 0.3 is 11.9 Å². The normalized spacial score (nSPS) is 17.5. The van der Waals surface area contributed by atoms with Gasteiger partial charge in [0, 0.05) is 18.8 Å². The number of carbonyl (C=O) groups is 2. The quantitative estimate of drug-likeness (QED) is 0.476. The Kier molecular flexibility index (Phi) is 3.90. The van der Waals surface area contributed by atoms with Crippen LogP contribution in [0.1, 0.15) is 25.0 Å². The molecule has 1 fully saturated rings. The molecule has 1 saturated heterocycles. The molecule has 1 aliphatic heterocycles. The summed E-state index contributed by atoms with van der Waals surface area (Å²) in [5, 5.41) is 0. The lowest BCUT2D eigenvalue weighted by Gasteiger charge is -2.30. The molecule has 0 saturated carbocycles. The van der Waals surface area contributed by atoms with Crippen LogP contribution in [-0.4, -0.2) is 24.0 Å². The van der Waals surface area contributed by atoms with Crippen molar-refractivity contribution in [3.05, 3.63) is 41.0 Å². The molecule has 2 rings (SSSR count). The first-order valence-corrected chi connectivity index (χ1v) is 7.38. The Morgan fingerprint density at radius 2 is 1.55 bits per heavy atom. The van der Waals surface area contributed by atoms with Crippen LogP contribution >= 0.6 is 11.8 Å². The summed E-state index contributed by atoms with van der Waals surface area (Å²) < 4.78 is 10.3. The van der Waals surface area contributed by atoms with Gasteiger partial charge in [-0.3, -0.25) is 0 Å². The lowest BCUT2D eigenvalue weighted by Crippen LogP contribution is -2.42. The number of hydrogen-bond donors (Lipinski definition) is 0. The van der Waals surface area contributed by atoms with E-state index in [-0.39, 0.29) is 5.57 Å². The van der Waals surface area contributed by atoms with Gasteiger partial charge in [0.05, 0.1) is 0 Å². The maximum Gasteiger partial charge on any atom is 0.350 e. The molecular weight excluding hydrogens is 276 g/mol. The molecule has 0 unspecified atom stereocenters. The summed E-state index contributed by atoms with van der Waals surface area (Å²) in [7, 11) is 0. The fraction of sp³-hybridized carbons (Fsp3) is 0.333.